The van der Waals surface area contributed by atoms with Gasteiger partial charge in [-0.05, 0) is 29.8 Å². The van der Waals surface area contributed by atoms with Crippen LogP contribution in [0.3, 0.4) is 0 Å². The predicted molar refractivity (Wildman–Crippen MR) is 111 cm³/mol. The number of aromatic nitrogens is 3. The minimum atomic E-state index is -1.01. The Bertz CT molecular complexity index is 979. The van der Waals surface area contributed by atoms with Crippen LogP contribution in [0.5, 0.6) is 5.75 Å². The van der Waals surface area contributed by atoms with Crippen molar-refractivity contribution in [2.45, 2.75) is 13.1 Å². The number of nitrogens with zero attached hydrogens (tertiary/aromatic N) is 4. The average molecular weight is 395 g/mol. The van der Waals surface area contributed by atoms with E-state index < -0.39 is 5.97 Å². The lowest BCUT2D eigenvalue weighted by molar-refractivity contribution is 0.0685. The number of imidazole rings is 1. The van der Waals surface area contributed by atoms with Crippen LogP contribution in [0, 0.1) is 0 Å². The number of methoxy groups -OCH3 is 1. The smallest absolute Gasteiger partial charge is 0.354 e. The number of carbonyl (C=O) groups is 1. The Kier molecular flexibility index (Phi) is 6.13. The quantitative estimate of drug-likeness (QED) is 0.605. The van der Waals surface area contributed by atoms with Crippen LogP contribution in [0.1, 0.15) is 21.7 Å². The molecule has 0 radical (unpaired) electrons. The van der Waals surface area contributed by atoms with Gasteiger partial charge in [-0.25, -0.2) is 14.8 Å². The number of pyridine rings is 1. The van der Waals surface area contributed by atoms with Gasteiger partial charge >= 0.3 is 5.97 Å². The average Bonchev–Trinajstić information content (AvgIpc) is 3.05. The highest BCUT2D eigenvalue weighted by Gasteiger charge is 2.21. The largest absolute Gasteiger partial charge is 0.497 e. The molecule has 0 aliphatic heterocycles. The fraction of sp³-hybridized carbons (Fsp3) is 0.286. The third-order valence-electron chi connectivity index (χ3n) is 4.61. The molecule has 0 bridgehead atoms. The van der Waals surface area contributed by atoms with Crippen LogP contribution in [0.25, 0.3) is 11.4 Å². The Morgan fingerprint density at radius 2 is 1.90 bits per heavy atom. The number of aromatic carboxylic acids is 1. The third kappa shape index (κ3) is 4.55. The van der Waals surface area contributed by atoms with E-state index in [0.29, 0.717) is 24.6 Å². The molecule has 0 spiro atoms. The maximum atomic E-state index is 11.8. The van der Waals surface area contributed by atoms with E-state index in [9.17, 15) is 9.90 Å². The van der Waals surface area contributed by atoms with Gasteiger partial charge in [0.15, 0.2) is 5.69 Å². The summed E-state index contributed by atoms with van der Waals surface area (Å²) in [7, 11) is 7.16. The summed E-state index contributed by atoms with van der Waals surface area (Å²) in [5.41, 5.74) is 2.49. The first-order valence-electron chi connectivity index (χ1n) is 9.17. The van der Waals surface area contributed by atoms with Crippen molar-refractivity contribution in [3.05, 3.63) is 59.5 Å². The van der Waals surface area contributed by atoms with E-state index in [4.69, 9.17) is 4.74 Å². The number of ether oxygens (including phenoxy) is 1. The van der Waals surface area contributed by atoms with E-state index >= 15 is 0 Å². The molecule has 8 nitrogen and oxygen atoms in total. The molecule has 29 heavy (non-hydrogen) atoms. The zero-order valence-corrected chi connectivity index (χ0v) is 17.0. The fourth-order valence-electron chi connectivity index (χ4n) is 3.06. The lowest BCUT2D eigenvalue weighted by Gasteiger charge is -2.11. The monoisotopic (exact) mass is 395 g/mol. The van der Waals surface area contributed by atoms with Gasteiger partial charge in [0.05, 0.1) is 12.8 Å². The molecule has 0 atom stereocenters. The molecular weight excluding hydrogens is 370 g/mol. The molecule has 152 valence electrons. The molecule has 3 rings (SSSR count). The molecule has 1 aromatic carbocycles. The van der Waals surface area contributed by atoms with Crippen LogP contribution in [-0.4, -0.2) is 46.8 Å². The standard InChI is InChI=1S/C21H25N5O3/c1-25(2)18-10-7-15(12-23-18)20-24-17(19(21(27)28)26(20)3)13-22-11-14-5-8-16(29-4)9-6-14/h5-10,12,22H,11,13H2,1-4H3,(H,27,28). The number of hydrogen-bond donors (Lipinski definition) is 2. The highest BCUT2D eigenvalue weighted by Crippen LogP contribution is 2.23. The van der Waals surface area contributed by atoms with Gasteiger partial charge < -0.3 is 24.6 Å². The van der Waals surface area contributed by atoms with Gasteiger partial charge in [0.1, 0.15) is 17.4 Å². The van der Waals surface area contributed by atoms with Gasteiger partial charge in [-0.3, -0.25) is 0 Å². The Labute approximate surface area is 169 Å². The number of benzene rings is 1. The number of nitrogens with one attached hydrogen (secondary N) is 1. The first kappa shape index (κ1) is 20.3. The highest BCUT2D eigenvalue weighted by atomic mass is 16.5. The van der Waals surface area contributed by atoms with Gasteiger partial charge in [-0.1, -0.05) is 12.1 Å². The van der Waals surface area contributed by atoms with Crippen molar-refractivity contribution in [1.82, 2.24) is 19.9 Å². The van der Waals surface area contributed by atoms with Crippen LogP contribution < -0.4 is 15.0 Å². The summed E-state index contributed by atoms with van der Waals surface area (Å²) in [5.74, 6) is 1.18. The van der Waals surface area contributed by atoms with Crippen LogP contribution in [-0.2, 0) is 20.1 Å². The summed E-state index contributed by atoms with van der Waals surface area (Å²) < 4.78 is 6.75. The number of carboxylic acid groups (broad SMARTS) is 1. The second-order valence-corrected chi connectivity index (χ2v) is 6.85. The van der Waals surface area contributed by atoms with E-state index in [-0.39, 0.29) is 5.69 Å². The molecule has 0 amide bonds. The summed E-state index contributed by atoms with van der Waals surface area (Å²) in [6.45, 7) is 0.929. The SMILES string of the molecule is COc1ccc(CNCc2nc(-c3ccc(N(C)C)nc3)n(C)c2C(=O)O)cc1. The van der Waals surface area contributed by atoms with Gasteiger partial charge in [-0.15, -0.1) is 0 Å². The molecular formula is C21H25N5O3. The van der Waals surface area contributed by atoms with Crippen LogP contribution in [0.4, 0.5) is 5.82 Å². The summed E-state index contributed by atoms with van der Waals surface area (Å²) in [5, 5.41) is 12.9. The van der Waals surface area contributed by atoms with Crippen molar-refractivity contribution >= 4 is 11.8 Å². The molecule has 2 N–H and O–H groups in total. The maximum Gasteiger partial charge on any atom is 0.354 e. The van der Waals surface area contributed by atoms with Crippen molar-refractivity contribution in [2.24, 2.45) is 7.05 Å². The summed E-state index contributed by atoms with van der Waals surface area (Å²) in [6.07, 6.45) is 1.71. The topological polar surface area (TPSA) is 92.5 Å². The van der Waals surface area contributed by atoms with Crippen molar-refractivity contribution in [3.63, 3.8) is 0 Å². The van der Waals surface area contributed by atoms with Crippen molar-refractivity contribution in [2.75, 3.05) is 26.1 Å². The van der Waals surface area contributed by atoms with E-state index in [1.807, 2.05) is 55.4 Å². The van der Waals surface area contributed by atoms with E-state index in [1.54, 1.807) is 24.9 Å². The minimum Gasteiger partial charge on any atom is -0.497 e. The summed E-state index contributed by atoms with van der Waals surface area (Å²) >= 11 is 0. The summed E-state index contributed by atoms with van der Waals surface area (Å²) in [6, 6.07) is 11.5. The molecule has 0 saturated carbocycles. The van der Waals surface area contributed by atoms with Gasteiger partial charge in [-0.2, -0.15) is 0 Å². The summed E-state index contributed by atoms with van der Waals surface area (Å²) in [4.78, 5) is 22.7. The van der Waals surface area contributed by atoms with E-state index in [2.05, 4.69) is 15.3 Å². The van der Waals surface area contributed by atoms with Crippen molar-refractivity contribution in [3.8, 4) is 17.1 Å². The lowest BCUT2D eigenvalue weighted by atomic mass is 10.2. The second kappa shape index (κ2) is 8.74. The van der Waals surface area contributed by atoms with Crippen molar-refractivity contribution < 1.29 is 14.6 Å². The van der Waals surface area contributed by atoms with Crippen LogP contribution >= 0.6 is 0 Å². The molecule has 0 aliphatic carbocycles. The number of hydrogen-bond acceptors (Lipinski definition) is 6. The highest BCUT2D eigenvalue weighted by molar-refractivity contribution is 5.88. The zero-order valence-electron chi connectivity index (χ0n) is 17.0. The first-order valence-corrected chi connectivity index (χ1v) is 9.17. The fourth-order valence-corrected chi connectivity index (χ4v) is 3.06. The van der Waals surface area contributed by atoms with Crippen molar-refractivity contribution in [1.29, 1.82) is 0 Å². The number of carboxylic acids is 1. The van der Waals surface area contributed by atoms with E-state index in [0.717, 1.165) is 22.7 Å². The number of rotatable bonds is 8. The first-order chi connectivity index (χ1) is 13.9. The Hall–Kier alpha value is -3.39. The van der Waals surface area contributed by atoms with Gasteiger partial charge in [0.2, 0.25) is 0 Å². The second-order valence-electron chi connectivity index (χ2n) is 6.85. The normalized spacial score (nSPS) is 10.8. The van der Waals surface area contributed by atoms with Crippen LogP contribution in [0.15, 0.2) is 42.6 Å². The molecule has 0 fully saturated rings. The number of anilines is 1. The Balaban J connectivity index is 1.79. The molecule has 2 aromatic heterocycles. The lowest BCUT2D eigenvalue weighted by Crippen LogP contribution is -2.16. The third-order valence-corrected chi connectivity index (χ3v) is 4.61. The van der Waals surface area contributed by atoms with Gasteiger partial charge in [0.25, 0.3) is 0 Å². The Morgan fingerprint density at radius 3 is 2.45 bits per heavy atom. The molecule has 3 aromatic rings. The maximum absolute atomic E-state index is 11.8. The molecule has 0 unspecified atom stereocenters. The molecule has 0 aliphatic rings. The predicted octanol–water partition coefficient (Wildman–Crippen LogP) is 2.54. The van der Waals surface area contributed by atoms with Crippen LogP contribution in [0.2, 0.25) is 0 Å². The molecule has 0 saturated heterocycles. The molecule has 2 heterocycles. The minimum absolute atomic E-state index is 0.166. The van der Waals surface area contributed by atoms with E-state index in [1.165, 1.54) is 0 Å². The Morgan fingerprint density at radius 1 is 1.17 bits per heavy atom. The zero-order chi connectivity index (χ0) is 21.0. The van der Waals surface area contributed by atoms with Gasteiger partial charge in [0, 0.05) is 46.0 Å². The molecule has 8 heteroatoms.